The number of aromatic nitrogens is 1. The highest BCUT2D eigenvalue weighted by Crippen LogP contribution is 2.30. The highest BCUT2D eigenvalue weighted by atomic mass is 16.4. The summed E-state index contributed by atoms with van der Waals surface area (Å²) in [4.78, 5) is 16.2. The number of para-hydroxylation sites is 1. The van der Waals surface area contributed by atoms with E-state index in [1.807, 2.05) is 6.07 Å². The number of carboxylic acids is 1. The smallest absolute Gasteiger partial charge is 0.336 e. The van der Waals surface area contributed by atoms with Crippen molar-refractivity contribution in [1.82, 2.24) is 4.98 Å². The van der Waals surface area contributed by atoms with Gasteiger partial charge in [0.25, 0.3) is 0 Å². The van der Waals surface area contributed by atoms with E-state index in [4.69, 9.17) is 0 Å². The van der Waals surface area contributed by atoms with Crippen LogP contribution in [0.4, 0.5) is 0 Å². The predicted molar refractivity (Wildman–Crippen MR) is 80.5 cm³/mol. The van der Waals surface area contributed by atoms with Crippen molar-refractivity contribution < 1.29 is 15.0 Å². The van der Waals surface area contributed by atoms with E-state index in [1.165, 1.54) is 0 Å². The van der Waals surface area contributed by atoms with Crippen molar-refractivity contribution in [2.45, 2.75) is 6.92 Å². The highest BCUT2D eigenvalue weighted by Gasteiger charge is 2.17. The van der Waals surface area contributed by atoms with Gasteiger partial charge in [-0.05, 0) is 42.8 Å². The summed E-state index contributed by atoms with van der Waals surface area (Å²) in [6.07, 6.45) is 0. The first-order valence-corrected chi connectivity index (χ1v) is 6.50. The second-order valence-electron chi connectivity index (χ2n) is 4.83. The van der Waals surface area contributed by atoms with Crippen LogP contribution in [0, 0.1) is 6.92 Å². The third-order valence-electron chi connectivity index (χ3n) is 3.49. The Morgan fingerprint density at radius 1 is 1.05 bits per heavy atom. The fraction of sp³-hybridized carbons (Fsp3) is 0.0588. The van der Waals surface area contributed by atoms with E-state index in [1.54, 1.807) is 49.4 Å². The zero-order chi connectivity index (χ0) is 15.0. The lowest BCUT2D eigenvalue weighted by Crippen LogP contribution is -2.04. The summed E-state index contributed by atoms with van der Waals surface area (Å²) in [5, 5.41) is 19.5. The Hall–Kier alpha value is -2.88. The maximum atomic E-state index is 11.6. The van der Waals surface area contributed by atoms with Gasteiger partial charge >= 0.3 is 5.97 Å². The molecule has 3 rings (SSSR count). The van der Waals surface area contributed by atoms with Crippen molar-refractivity contribution in [3.63, 3.8) is 0 Å². The summed E-state index contributed by atoms with van der Waals surface area (Å²) in [7, 11) is 0. The molecular weight excluding hydrogens is 266 g/mol. The van der Waals surface area contributed by atoms with Crippen molar-refractivity contribution in [1.29, 1.82) is 0 Å². The molecule has 0 aliphatic heterocycles. The van der Waals surface area contributed by atoms with Crippen LogP contribution in [0.15, 0.2) is 48.5 Å². The van der Waals surface area contributed by atoms with Gasteiger partial charge in [0.1, 0.15) is 5.75 Å². The van der Waals surface area contributed by atoms with Gasteiger partial charge < -0.3 is 10.2 Å². The number of hydrogen-bond acceptors (Lipinski definition) is 3. The average molecular weight is 279 g/mol. The topological polar surface area (TPSA) is 70.4 Å². The van der Waals surface area contributed by atoms with Gasteiger partial charge in [0.05, 0.1) is 16.8 Å². The molecule has 1 aromatic heterocycles. The summed E-state index contributed by atoms with van der Waals surface area (Å²) >= 11 is 0. The largest absolute Gasteiger partial charge is 0.508 e. The average Bonchev–Trinajstić information content (AvgIpc) is 2.47. The summed E-state index contributed by atoms with van der Waals surface area (Å²) < 4.78 is 0. The number of benzene rings is 2. The quantitative estimate of drug-likeness (QED) is 0.751. The lowest BCUT2D eigenvalue weighted by molar-refractivity contribution is 0.0698. The summed E-state index contributed by atoms with van der Waals surface area (Å²) in [6, 6.07) is 13.8. The van der Waals surface area contributed by atoms with Gasteiger partial charge in [-0.2, -0.15) is 0 Å². The minimum Gasteiger partial charge on any atom is -0.508 e. The molecule has 0 aliphatic carbocycles. The number of pyridine rings is 1. The van der Waals surface area contributed by atoms with Crippen LogP contribution in [-0.2, 0) is 0 Å². The van der Waals surface area contributed by atoms with Crippen LogP contribution in [0.5, 0.6) is 5.75 Å². The molecule has 3 aromatic rings. The Bertz CT molecular complexity index is 839. The lowest BCUT2D eigenvalue weighted by Gasteiger charge is -2.12. The van der Waals surface area contributed by atoms with E-state index in [-0.39, 0.29) is 11.3 Å². The molecule has 1 heterocycles. The minimum absolute atomic E-state index is 0.163. The van der Waals surface area contributed by atoms with Gasteiger partial charge in [0, 0.05) is 10.9 Å². The van der Waals surface area contributed by atoms with Gasteiger partial charge in [0.15, 0.2) is 0 Å². The normalized spacial score (nSPS) is 10.7. The Labute approximate surface area is 121 Å². The monoisotopic (exact) mass is 279 g/mol. The minimum atomic E-state index is -0.967. The van der Waals surface area contributed by atoms with E-state index in [0.717, 1.165) is 5.56 Å². The van der Waals surface area contributed by atoms with Crippen LogP contribution in [0.25, 0.3) is 22.2 Å². The molecule has 2 N–H and O–H groups in total. The molecule has 0 bridgehead atoms. The first-order valence-electron chi connectivity index (χ1n) is 6.50. The second kappa shape index (κ2) is 4.90. The molecule has 2 aromatic carbocycles. The van der Waals surface area contributed by atoms with Crippen molar-refractivity contribution >= 4 is 16.9 Å². The number of carboxylic acid groups (broad SMARTS) is 1. The molecule has 0 aliphatic rings. The van der Waals surface area contributed by atoms with Crippen molar-refractivity contribution in [3.05, 3.63) is 59.7 Å². The van der Waals surface area contributed by atoms with Crippen molar-refractivity contribution in [3.8, 4) is 17.0 Å². The lowest BCUT2D eigenvalue weighted by atomic mass is 9.98. The van der Waals surface area contributed by atoms with E-state index < -0.39 is 5.97 Å². The van der Waals surface area contributed by atoms with Gasteiger partial charge in [0.2, 0.25) is 0 Å². The van der Waals surface area contributed by atoms with E-state index in [0.29, 0.717) is 22.2 Å². The molecular formula is C17H13NO3. The van der Waals surface area contributed by atoms with Crippen molar-refractivity contribution in [2.75, 3.05) is 0 Å². The van der Waals surface area contributed by atoms with Crippen molar-refractivity contribution in [2.24, 2.45) is 0 Å². The standard InChI is InChI=1S/C17H13NO3/c1-10-15(17(20)21)13-4-2-3-5-14(13)18-16(10)11-6-8-12(19)9-7-11/h2-9,19H,1H3,(H,20,21). The molecule has 0 radical (unpaired) electrons. The zero-order valence-electron chi connectivity index (χ0n) is 11.4. The van der Waals surface area contributed by atoms with Crippen LogP contribution < -0.4 is 0 Å². The van der Waals surface area contributed by atoms with Crippen LogP contribution >= 0.6 is 0 Å². The third-order valence-corrected chi connectivity index (χ3v) is 3.49. The van der Waals surface area contributed by atoms with Gasteiger partial charge in [-0.1, -0.05) is 18.2 Å². The van der Waals surface area contributed by atoms with E-state index >= 15 is 0 Å². The fourth-order valence-electron chi connectivity index (χ4n) is 2.48. The number of phenolic OH excluding ortho intramolecular Hbond substituents is 1. The van der Waals surface area contributed by atoms with Gasteiger partial charge in [-0.3, -0.25) is 0 Å². The molecule has 0 fully saturated rings. The molecule has 104 valence electrons. The highest BCUT2D eigenvalue weighted by molar-refractivity contribution is 6.05. The Morgan fingerprint density at radius 2 is 1.71 bits per heavy atom. The van der Waals surface area contributed by atoms with Crippen LogP contribution in [-0.4, -0.2) is 21.2 Å². The molecule has 0 spiro atoms. The number of aromatic hydroxyl groups is 1. The number of rotatable bonds is 2. The molecule has 4 heteroatoms. The SMILES string of the molecule is Cc1c(-c2ccc(O)cc2)nc2ccccc2c1C(=O)O. The zero-order valence-corrected chi connectivity index (χ0v) is 11.4. The maximum absolute atomic E-state index is 11.6. The summed E-state index contributed by atoms with van der Waals surface area (Å²) in [6.45, 7) is 1.76. The van der Waals surface area contributed by atoms with Gasteiger partial charge in [-0.15, -0.1) is 0 Å². The molecule has 0 saturated carbocycles. The first kappa shape index (κ1) is 13.1. The number of aromatic carboxylic acids is 1. The summed E-state index contributed by atoms with van der Waals surface area (Å²) in [5.74, 6) is -0.804. The molecule has 21 heavy (non-hydrogen) atoms. The third kappa shape index (κ3) is 2.21. The molecule has 0 saturated heterocycles. The van der Waals surface area contributed by atoms with Crippen LogP contribution in [0.3, 0.4) is 0 Å². The molecule has 0 amide bonds. The number of hydrogen-bond donors (Lipinski definition) is 2. The fourth-order valence-corrected chi connectivity index (χ4v) is 2.48. The Morgan fingerprint density at radius 3 is 2.38 bits per heavy atom. The van der Waals surface area contributed by atoms with E-state index in [9.17, 15) is 15.0 Å². The van der Waals surface area contributed by atoms with Crippen LogP contribution in [0.2, 0.25) is 0 Å². The molecule has 4 nitrogen and oxygen atoms in total. The Balaban J connectivity index is 2.36. The predicted octanol–water partition coefficient (Wildman–Crippen LogP) is 3.61. The van der Waals surface area contributed by atoms with Gasteiger partial charge in [-0.25, -0.2) is 9.78 Å². The van der Waals surface area contributed by atoms with Crippen LogP contribution in [0.1, 0.15) is 15.9 Å². The Kier molecular flexibility index (Phi) is 3.06. The maximum Gasteiger partial charge on any atom is 0.336 e. The number of carbonyl (C=O) groups is 1. The molecule has 0 unspecified atom stereocenters. The molecule has 0 atom stereocenters. The number of phenols is 1. The number of fused-ring (bicyclic) bond motifs is 1. The first-order chi connectivity index (χ1) is 10.1. The number of nitrogens with zero attached hydrogens (tertiary/aromatic N) is 1. The van der Waals surface area contributed by atoms with E-state index in [2.05, 4.69) is 4.98 Å². The summed E-state index contributed by atoms with van der Waals surface area (Å²) in [5.41, 5.74) is 2.92. The second-order valence-corrected chi connectivity index (χ2v) is 4.83.